The van der Waals surface area contributed by atoms with E-state index in [9.17, 15) is 0 Å². The first-order valence-corrected chi connectivity index (χ1v) is 4.17. The lowest BCUT2D eigenvalue weighted by Gasteiger charge is -2.32. The molecule has 1 fully saturated rings. The second-order valence-corrected chi connectivity index (χ2v) is 3.16. The second kappa shape index (κ2) is 3.11. The van der Waals surface area contributed by atoms with Crippen molar-refractivity contribution in [2.24, 2.45) is 5.73 Å². The highest BCUT2D eigenvalue weighted by atomic mass is 16.5. The molecule has 0 aliphatic heterocycles. The third-order valence-corrected chi connectivity index (χ3v) is 2.07. The van der Waals surface area contributed by atoms with Gasteiger partial charge in [-0.25, -0.2) is 0 Å². The maximum atomic E-state index is 5.63. The lowest BCUT2D eigenvalue weighted by molar-refractivity contribution is 0.100. The Bertz CT molecular complexity index is 244. The molecule has 2 rings (SSSR count). The fraction of sp³-hybridized carbons (Fsp3) is 0.444. The zero-order chi connectivity index (χ0) is 8.39. The molecule has 1 saturated carbocycles. The van der Waals surface area contributed by atoms with Crippen LogP contribution in [-0.4, -0.2) is 17.1 Å². The van der Waals surface area contributed by atoms with Crippen LogP contribution in [-0.2, 0) is 0 Å². The minimum absolute atomic E-state index is 0.309. The predicted octanol–water partition coefficient (Wildman–Crippen LogP) is 0.950. The SMILES string of the molecule is N[C@H]1C[C@H](Oc2cccnc2)C1. The smallest absolute Gasteiger partial charge is 0.137 e. The Balaban J connectivity index is 1.88. The largest absolute Gasteiger partial charge is 0.489 e. The summed E-state index contributed by atoms with van der Waals surface area (Å²) in [6, 6.07) is 4.12. The van der Waals surface area contributed by atoms with Crippen molar-refractivity contribution in [3.8, 4) is 5.75 Å². The van der Waals surface area contributed by atoms with Crippen molar-refractivity contribution in [2.75, 3.05) is 0 Å². The van der Waals surface area contributed by atoms with Crippen molar-refractivity contribution < 1.29 is 4.74 Å². The highest BCUT2D eigenvalue weighted by molar-refractivity contribution is 5.16. The average Bonchev–Trinajstić information content (AvgIpc) is 2.04. The number of pyridine rings is 1. The average molecular weight is 164 g/mol. The summed E-state index contributed by atoms with van der Waals surface area (Å²) in [6.07, 6.45) is 5.71. The van der Waals surface area contributed by atoms with Gasteiger partial charge in [0.05, 0.1) is 6.20 Å². The number of ether oxygens (including phenoxy) is 1. The second-order valence-electron chi connectivity index (χ2n) is 3.16. The molecule has 0 spiro atoms. The molecular weight excluding hydrogens is 152 g/mol. The zero-order valence-electron chi connectivity index (χ0n) is 6.81. The van der Waals surface area contributed by atoms with E-state index in [0.29, 0.717) is 12.1 Å². The van der Waals surface area contributed by atoms with Crippen LogP contribution in [0.3, 0.4) is 0 Å². The molecule has 3 heteroatoms. The molecule has 1 aliphatic carbocycles. The highest BCUT2D eigenvalue weighted by Crippen LogP contribution is 2.23. The van der Waals surface area contributed by atoms with Gasteiger partial charge in [0.25, 0.3) is 0 Å². The summed E-state index contributed by atoms with van der Waals surface area (Å²) in [5, 5.41) is 0. The van der Waals surface area contributed by atoms with Crippen molar-refractivity contribution in [2.45, 2.75) is 25.0 Å². The van der Waals surface area contributed by atoms with Crippen molar-refractivity contribution in [3.05, 3.63) is 24.5 Å². The number of rotatable bonds is 2. The predicted molar refractivity (Wildman–Crippen MR) is 45.9 cm³/mol. The molecule has 64 valence electrons. The van der Waals surface area contributed by atoms with Crippen LogP contribution in [0.5, 0.6) is 5.75 Å². The Hall–Kier alpha value is -1.09. The summed E-state index contributed by atoms with van der Waals surface area (Å²) in [4.78, 5) is 3.96. The molecule has 0 unspecified atom stereocenters. The van der Waals surface area contributed by atoms with Crippen LogP contribution in [0.1, 0.15) is 12.8 Å². The first-order chi connectivity index (χ1) is 5.84. The Labute approximate surface area is 71.6 Å². The monoisotopic (exact) mass is 164 g/mol. The van der Waals surface area contributed by atoms with Gasteiger partial charge in [-0.15, -0.1) is 0 Å². The third-order valence-electron chi connectivity index (χ3n) is 2.07. The summed E-state index contributed by atoms with van der Waals surface area (Å²) in [7, 11) is 0. The molecule has 1 aliphatic rings. The molecule has 3 nitrogen and oxygen atoms in total. The van der Waals surface area contributed by atoms with Crippen LogP contribution in [0.2, 0.25) is 0 Å². The molecule has 1 heterocycles. The van der Waals surface area contributed by atoms with E-state index in [1.54, 1.807) is 12.4 Å². The van der Waals surface area contributed by atoms with Crippen molar-refractivity contribution in [3.63, 3.8) is 0 Å². The van der Waals surface area contributed by atoms with Crippen LogP contribution >= 0.6 is 0 Å². The normalized spacial score (nSPS) is 27.8. The van der Waals surface area contributed by atoms with Crippen LogP contribution in [0, 0.1) is 0 Å². The van der Waals surface area contributed by atoms with E-state index in [-0.39, 0.29) is 0 Å². The maximum Gasteiger partial charge on any atom is 0.137 e. The minimum Gasteiger partial charge on any atom is -0.489 e. The van der Waals surface area contributed by atoms with Crippen molar-refractivity contribution in [1.29, 1.82) is 0 Å². The Kier molecular flexibility index (Phi) is 1.96. The summed E-state index contributed by atoms with van der Waals surface area (Å²) >= 11 is 0. The Morgan fingerprint density at radius 3 is 2.92 bits per heavy atom. The summed E-state index contributed by atoms with van der Waals surface area (Å²) in [5.41, 5.74) is 5.63. The van der Waals surface area contributed by atoms with Gasteiger partial charge in [0.1, 0.15) is 11.9 Å². The van der Waals surface area contributed by atoms with Gasteiger partial charge in [-0.1, -0.05) is 0 Å². The fourth-order valence-electron chi connectivity index (χ4n) is 1.31. The maximum absolute atomic E-state index is 5.63. The first-order valence-electron chi connectivity index (χ1n) is 4.17. The lowest BCUT2D eigenvalue weighted by Crippen LogP contribution is -2.43. The standard InChI is InChI=1S/C9H12N2O/c10-7-4-9(5-7)12-8-2-1-3-11-6-8/h1-3,6-7,9H,4-5,10H2/t7-,9-. The highest BCUT2D eigenvalue weighted by Gasteiger charge is 2.27. The molecule has 0 bridgehead atoms. The van der Waals surface area contributed by atoms with E-state index in [0.717, 1.165) is 18.6 Å². The summed E-state index contributed by atoms with van der Waals surface area (Å²) in [5.74, 6) is 0.842. The molecule has 2 N–H and O–H groups in total. The summed E-state index contributed by atoms with van der Waals surface area (Å²) < 4.78 is 5.58. The van der Waals surface area contributed by atoms with Crippen molar-refractivity contribution >= 4 is 0 Å². The third kappa shape index (κ3) is 1.56. The number of nitrogens with two attached hydrogens (primary N) is 1. The van der Waals surface area contributed by atoms with Crippen LogP contribution in [0.15, 0.2) is 24.5 Å². The molecule has 1 aromatic heterocycles. The molecule has 0 saturated heterocycles. The van der Waals surface area contributed by atoms with E-state index in [4.69, 9.17) is 10.5 Å². The van der Waals surface area contributed by atoms with Gasteiger partial charge in [-0.3, -0.25) is 4.98 Å². The van der Waals surface area contributed by atoms with Gasteiger partial charge in [-0.05, 0) is 25.0 Å². The fourth-order valence-corrected chi connectivity index (χ4v) is 1.31. The van der Waals surface area contributed by atoms with Crippen LogP contribution < -0.4 is 10.5 Å². The number of aromatic nitrogens is 1. The van der Waals surface area contributed by atoms with E-state index in [1.807, 2.05) is 12.1 Å². The van der Waals surface area contributed by atoms with E-state index >= 15 is 0 Å². The molecule has 12 heavy (non-hydrogen) atoms. The minimum atomic E-state index is 0.309. The zero-order valence-corrected chi connectivity index (χ0v) is 6.81. The molecular formula is C9H12N2O. The van der Waals surface area contributed by atoms with Crippen molar-refractivity contribution in [1.82, 2.24) is 4.98 Å². The number of nitrogens with zero attached hydrogens (tertiary/aromatic N) is 1. The van der Waals surface area contributed by atoms with Gasteiger partial charge in [0, 0.05) is 12.2 Å². The number of hydrogen-bond donors (Lipinski definition) is 1. The van der Waals surface area contributed by atoms with Gasteiger partial charge in [-0.2, -0.15) is 0 Å². The molecule has 1 aromatic rings. The van der Waals surface area contributed by atoms with E-state index in [2.05, 4.69) is 4.98 Å². The molecule has 0 aromatic carbocycles. The van der Waals surface area contributed by atoms with E-state index < -0.39 is 0 Å². The van der Waals surface area contributed by atoms with Gasteiger partial charge in [0.2, 0.25) is 0 Å². The van der Waals surface area contributed by atoms with Gasteiger partial charge in [0.15, 0.2) is 0 Å². The van der Waals surface area contributed by atoms with Gasteiger partial charge < -0.3 is 10.5 Å². The topological polar surface area (TPSA) is 48.1 Å². The Morgan fingerprint density at radius 2 is 2.33 bits per heavy atom. The van der Waals surface area contributed by atoms with E-state index in [1.165, 1.54) is 0 Å². The summed E-state index contributed by atoms with van der Waals surface area (Å²) in [6.45, 7) is 0. The number of hydrogen-bond acceptors (Lipinski definition) is 3. The quantitative estimate of drug-likeness (QED) is 0.708. The first kappa shape index (κ1) is 7.55. The lowest BCUT2D eigenvalue weighted by atomic mass is 9.90. The van der Waals surface area contributed by atoms with Crippen LogP contribution in [0.4, 0.5) is 0 Å². The Morgan fingerprint density at radius 1 is 1.50 bits per heavy atom. The molecule has 0 atom stereocenters. The van der Waals surface area contributed by atoms with Gasteiger partial charge >= 0.3 is 0 Å². The molecule has 0 amide bonds. The van der Waals surface area contributed by atoms with Crippen LogP contribution in [0.25, 0.3) is 0 Å². The molecule has 0 radical (unpaired) electrons.